The normalized spacial score (nSPS) is 15.2. The summed E-state index contributed by atoms with van der Waals surface area (Å²) in [6.45, 7) is 4.96. The summed E-state index contributed by atoms with van der Waals surface area (Å²) in [6.07, 6.45) is 1.26. The number of halogens is 1. The Bertz CT molecular complexity index is 290. The van der Waals surface area contributed by atoms with Crippen molar-refractivity contribution in [3.63, 3.8) is 0 Å². The van der Waals surface area contributed by atoms with Crippen LogP contribution in [-0.4, -0.2) is 19.8 Å². The van der Waals surface area contributed by atoms with Gasteiger partial charge in [0.1, 0.15) is 0 Å². The van der Waals surface area contributed by atoms with Crippen molar-refractivity contribution in [2.75, 3.05) is 13.7 Å². The molecule has 0 saturated heterocycles. The second-order valence-electron chi connectivity index (χ2n) is 3.34. The first kappa shape index (κ1) is 13.2. The molecule has 1 heterocycles. The van der Waals surface area contributed by atoms with Crippen molar-refractivity contribution in [3.8, 4) is 0 Å². The minimum Gasteiger partial charge on any atom is -0.377 e. The second-order valence-corrected chi connectivity index (χ2v) is 4.94. The van der Waals surface area contributed by atoms with E-state index in [9.17, 15) is 0 Å². The molecule has 0 fully saturated rings. The number of nitrogens with one attached hydrogen (secondary N) is 1. The van der Waals surface area contributed by atoms with Crippen molar-refractivity contribution >= 4 is 27.3 Å². The predicted molar refractivity (Wildman–Crippen MR) is 69.5 cm³/mol. The van der Waals surface area contributed by atoms with E-state index in [-0.39, 0.29) is 12.1 Å². The zero-order chi connectivity index (χ0) is 11.3. The molecular formula is C11H18BrNOS. The minimum atomic E-state index is 0.242. The van der Waals surface area contributed by atoms with E-state index in [4.69, 9.17) is 4.74 Å². The van der Waals surface area contributed by atoms with Crippen LogP contribution >= 0.6 is 27.3 Å². The fourth-order valence-corrected chi connectivity index (χ4v) is 3.30. The molecule has 0 radical (unpaired) electrons. The zero-order valence-electron chi connectivity index (χ0n) is 9.42. The Hall–Kier alpha value is 0.100. The van der Waals surface area contributed by atoms with Crippen molar-refractivity contribution < 1.29 is 4.74 Å². The highest BCUT2D eigenvalue weighted by atomic mass is 79.9. The number of ether oxygens (including phenoxy) is 1. The van der Waals surface area contributed by atoms with Gasteiger partial charge in [0, 0.05) is 16.5 Å². The smallest absolute Gasteiger partial charge is 0.0767 e. The fraction of sp³-hybridized carbons (Fsp3) is 0.636. The largest absolute Gasteiger partial charge is 0.377 e. The molecule has 86 valence electrons. The van der Waals surface area contributed by atoms with Crippen molar-refractivity contribution in [3.05, 3.63) is 20.8 Å². The summed E-state index contributed by atoms with van der Waals surface area (Å²) >= 11 is 5.28. The third kappa shape index (κ3) is 3.28. The number of thiophene rings is 1. The maximum absolute atomic E-state index is 5.74. The monoisotopic (exact) mass is 291 g/mol. The zero-order valence-corrected chi connectivity index (χ0v) is 11.8. The summed E-state index contributed by atoms with van der Waals surface area (Å²) in [4.78, 5) is 0. The minimum absolute atomic E-state index is 0.242. The van der Waals surface area contributed by atoms with E-state index in [1.54, 1.807) is 11.3 Å². The molecule has 0 saturated carbocycles. The van der Waals surface area contributed by atoms with Crippen molar-refractivity contribution in [1.82, 2.24) is 5.32 Å². The first-order chi connectivity index (χ1) is 7.24. The molecule has 0 aliphatic heterocycles. The fourth-order valence-electron chi connectivity index (χ4n) is 1.72. The van der Waals surface area contributed by atoms with Gasteiger partial charge in [-0.15, -0.1) is 0 Å². The molecule has 1 aromatic rings. The average Bonchev–Trinajstić information content (AvgIpc) is 2.65. The Morgan fingerprint density at radius 1 is 1.47 bits per heavy atom. The van der Waals surface area contributed by atoms with E-state index >= 15 is 0 Å². The summed E-state index contributed by atoms with van der Waals surface area (Å²) in [5, 5.41) is 7.62. The van der Waals surface area contributed by atoms with E-state index in [1.165, 1.54) is 10.0 Å². The summed E-state index contributed by atoms with van der Waals surface area (Å²) in [5.41, 5.74) is 1.29. The van der Waals surface area contributed by atoms with Gasteiger partial charge in [0.15, 0.2) is 0 Å². The van der Waals surface area contributed by atoms with Gasteiger partial charge in [-0.2, -0.15) is 11.3 Å². The molecule has 2 atom stereocenters. The molecule has 0 aliphatic carbocycles. The van der Waals surface area contributed by atoms with Crippen LogP contribution in [-0.2, 0) is 4.74 Å². The van der Waals surface area contributed by atoms with Crippen LogP contribution in [0.5, 0.6) is 0 Å². The maximum Gasteiger partial charge on any atom is 0.0767 e. The first-order valence-electron chi connectivity index (χ1n) is 5.25. The molecule has 15 heavy (non-hydrogen) atoms. The third-order valence-corrected chi connectivity index (χ3v) is 4.19. The van der Waals surface area contributed by atoms with Gasteiger partial charge >= 0.3 is 0 Å². The molecule has 2 unspecified atom stereocenters. The predicted octanol–water partition coefficient (Wildman–Crippen LogP) is 3.59. The van der Waals surface area contributed by atoms with Gasteiger partial charge in [-0.05, 0) is 47.3 Å². The van der Waals surface area contributed by atoms with E-state index in [1.807, 2.05) is 14.0 Å². The van der Waals surface area contributed by atoms with Crippen molar-refractivity contribution in [1.29, 1.82) is 0 Å². The molecular weight excluding hydrogens is 274 g/mol. The average molecular weight is 292 g/mol. The van der Waals surface area contributed by atoms with Gasteiger partial charge in [0.2, 0.25) is 0 Å². The van der Waals surface area contributed by atoms with Gasteiger partial charge in [-0.25, -0.2) is 0 Å². The quantitative estimate of drug-likeness (QED) is 0.865. The molecule has 1 rings (SSSR count). The van der Waals surface area contributed by atoms with E-state index < -0.39 is 0 Å². The second kappa shape index (κ2) is 6.63. The lowest BCUT2D eigenvalue weighted by molar-refractivity contribution is 0.0333. The van der Waals surface area contributed by atoms with Gasteiger partial charge in [-0.3, -0.25) is 0 Å². The van der Waals surface area contributed by atoms with Gasteiger partial charge in [-0.1, -0.05) is 6.92 Å². The Morgan fingerprint density at radius 3 is 2.60 bits per heavy atom. The first-order valence-corrected chi connectivity index (χ1v) is 6.98. The number of likely N-dealkylation sites (N-methyl/N-ethyl adjacent to an activating group) is 1. The van der Waals surface area contributed by atoms with Gasteiger partial charge < -0.3 is 10.1 Å². The van der Waals surface area contributed by atoms with Crippen LogP contribution < -0.4 is 5.32 Å². The Kier molecular flexibility index (Phi) is 5.82. The van der Waals surface area contributed by atoms with Crippen LogP contribution in [0.15, 0.2) is 15.2 Å². The van der Waals surface area contributed by atoms with Crippen LogP contribution in [0.4, 0.5) is 0 Å². The topological polar surface area (TPSA) is 21.3 Å². The van der Waals surface area contributed by atoms with Crippen molar-refractivity contribution in [2.24, 2.45) is 0 Å². The lowest BCUT2D eigenvalue weighted by Gasteiger charge is -2.25. The molecule has 0 bridgehead atoms. The highest BCUT2D eigenvalue weighted by Crippen LogP contribution is 2.31. The van der Waals surface area contributed by atoms with Crippen LogP contribution in [0, 0.1) is 0 Å². The molecule has 0 spiro atoms. The van der Waals surface area contributed by atoms with Crippen LogP contribution in [0.25, 0.3) is 0 Å². The SMILES string of the molecule is CCOC(CC)C(NC)c1cscc1Br. The highest BCUT2D eigenvalue weighted by molar-refractivity contribution is 9.10. The summed E-state index contributed by atoms with van der Waals surface area (Å²) in [5.74, 6) is 0. The van der Waals surface area contributed by atoms with Crippen LogP contribution in [0.3, 0.4) is 0 Å². The maximum atomic E-state index is 5.74. The molecule has 0 aliphatic rings. The Morgan fingerprint density at radius 2 is 2.20 bits per heavy atom. The van der Waals surface area contributed by atoms with Gasteiger partial charge in [0.25, 0.3) is 0 Å². The summed E-state index contributed by atoms with van der Waals surface area (Å²) < 4.78 is 6.92. The van der Waals surface area contributed by atoms with Crippen LogP contribution in [0.2, 0.25) is 0 Å². The number of rotatable bonds is 6. The number of hydrogen-bond donors (Lipinski definition) is 1. The van der Waals surface area contributed by atoms with E-state index in [2.05, 4.69) is 38.9 Å². The molecule has 4 heteroatoms. The Labute approximate surface area is 104 Å². The van der Waals surface area contributed by atoms with Gasteiger partial charge in [0.05, 0.1) is 12.1 Å². The van der Waals surface area contributed by atoms with E-state index in [0.717, 1.165) is 13.0 Å². The highest BCUT2D eigenvalue weighted by Gasteiger charge is 2.22. The Balaban J connectivity index is 2.82. The molecule has 1 N–H and O–H groups in total. The van der Waals surface area contributed by atoms with Crippen molar-refractivity contribution in [2.45, 2.75) is 32.4 Å². The molecule has 2 nitrogen and oxygen atoms in total. The molecule has 0 aromatic carbocycles. The summed E-state index contributed by atoms with van der Waals surface area (Å²) in [7, 11) is 1.98. The molecule has 1 aromatic heterocycles. The van der Waals surface area contributed by atoms with Crippen LogP contribution in [0.1, 0.15) is 31.9 Å². The lowest BCUT2D eigenvalue weighted by Crippen LogP contribution is -2.31. The number of hydrogen-bond acceptors (Lipinski definition) is 3. The van der Waals surface area contributed by atoms with E-state index in [0.29, 0.717) is 0 Å². The standard InChI is InChI=1S/C11H18BrNOS/c1-4-10(14-5-2)11(13-3)8-6-15-7-9(8)12/h6-7,10-11,13H,4-5H2,1-3H3. The third-order valence-electron chi connectivity index (χ3n) is 2.44. The molecule has 0 amide bonds. The lowest BCUT2D eigenvalue weighted by atomic mass is 10.0. The summed E-state index contributed by atoms with van der Waals surface area (Å²) in [6, 6.07) is 0.274.